The number of hydroxylamine groups is 2. The fourth-order valence-corrected chi connectivity index (χ4v) is 4.43. The Kier molecular flexibility index (Phi) is 6.85. The Morgan fingerprint density at radius 1 is 0.941 bits per heavy atom. The zero-order valence-electron chi connectivity index (χ0n) is 19.8. The topological polar surface area (TPSA) is 74.9 Å². The highest BCUT2D eigenvalue weighted by Crippen LogP contribution is 2.36. The van der Waals surface area contributed by atoms with Gasteiger partial charge in [-0.15, -0.1) is 0 Å². The summed E-state index contributed by atoms with van der Waals surface area (Å²) < 4.78 is 27.2. The second-order valence-electron chi connectivity index (χ2n) is 8.12. The molecule has 0 saturated carbocycles. The molecule has 4 rings (SSSR count). The predicted octanol–water partition coefficient (Wildman–Crippen LogP) is 4.15. The van der Waals surface area contributed by atoms with Crippen LogP contribution in [-0.2, 0) is 22.7 Å². The molecule has 34 heavy (non-hydrogen) atoms. The van der Waals surface area contributed by atoms with Gasteiger partial charge in [-0.3, -0.25) is 4.79 Å². The minimum absolute atomic E-state index is 0.154. The molecule has 3 aromatic rings. The molecule has 0 N–H and O–H groups in total. The highest BCUT2D eigenvalue weighted by Gasteiger charge is 2.29. The molecule has 0 fully saturated rings. The van der Waals surface area contributed by atoms with Crippen LogP contribution in [0.2, 0.25) is 0 Å². The van der Waals surface area contributed by atoms with E-state index in [9.17, 15) is 14.0 Å². The molecule has 0 atom stereocenters. The van der Waals surface area contributed by atoms with E-state index in [0.29, 0.717) is 37.3 Å². The van der Waals surface area contributed by atoms with Crippen molar-refractivity contribution in [2.45, 2.75) is 33.9 Å². The van der Waals surface area contributed by atoms with Crippen molar-refractivity contribution in [1.29, 1.82) is 0 Å². The Morgan fingerprint density at radius 2 is 1.56 bits per heavy atom. The van der Waals surface area contributed by atoms with Crippen LogP contribution in [0.25, 0.3) is 22.3 Å². The normalized spacial score (nSPS) is 13.9. The zero-order valence-corrected chi connectivity index (χ0v) is 19.8. The molecular formula is C25H28FN3O5. The summed E-state index contributed by atoms with van der Waals surface area (Å²) in [5, 5.41) is 1.75. The number of rotatable bonds is 5. The third-order valence-electron chi connectivity index (χ3n) is 5.97. The van der Waals surface area contributed by atoms with Crippen molar-refractivity contribution in [1.82, 2.24) is 14.4 Å². The largest absolute Gasteiger partial charge is 0.515 e. The summed E-state index contributed by atoms with van der Waals surface area (Å²) in [5.74, 6) is -0.146. The average Bonchev–Trinajstić information content (AvgIpc) is 2.94. The van der Waals surface area contributed by atoms with Gasteiger partial charge in [0.05, 0.1) is 26.8 Å². The molecular weight excluding hydrogens is 441 g/mol. The summed E-state index contributed by atoms with van der Waals surface area (Å²) >= 11 is 0. The van der Waals surface area contributed by atoms with Crippen LogP contribution in [0.4, 0.5) is 9.18 Å². The molecule has 1 aromatic heterocycles. The Morgan fingerprint density at radius 3 is 2.15 bits per heavy atom. The summed E-state index contributed by atoms with van der Waals surface area (Å²) in [6.45, 7) is 7.45. The smallest absolute Gasteiger partial charge is 0.434 e. The quantitative estimate of drug-likeness (QED) is 0.523. The van der Waals surface area contributed by atoms with Crippen molar-refractivity contribution < 1.29 is 23.5 Å². The number of aryl methyl sites for hydroxylation is 2. The number of hydrogen-bond acceptors (Lipinski definition) is 6. The first-order valence-electron chi connectivity index (χ1n) is 11.2. The number of carbonyl (C=O) groups excluding carboxylic acids is 1. The number of carbonyl (C=O) groups is 1. The molecule has 8 nitrogen and oxygen atoms in total. The lowest BCUT2D eigenvalue weighted by molar-refractivity contribution is -0.130. The maximum Gasteiger partial charge on any atom is 0.515 e. The maximum atomic E-state index is 13.6. The molecule has 9 heteroatoms. The molecule has 0 radical (unpaired) electrons. The van der Waals surface area contributed by atoms with Crippen molar-refractivity contribution in [3.63, 3.8) is 0 Å². The van der Waals surface area contributed by atoms with Gasteiger partial charge in [-0.2, -0.15) is 5.06 Å². The second kappa shape index (κ2) is 9.82. The first-order valence-corrected chi connectivity index (χ1v) is 11.2. The van der Waals surface area contributed by atoms with Crippen LogP contribution in [0.1, 0.15) is 18.1 Å². The highest BCUT2D eigenvalue weighted by molar-refractivity contribution is 5.80. The van der Waals surface area contributed by atoms with Crippen LogP contribution in [0.3, 0.4) is 0 Å². The Hall–Kier alpha value is -3.43. The third-order valence-corrected chi connectivity index (χ3v) is 5.97. The Balaban J connectivity index is 1.86. The summed E-state index contributed by atoms with van der Waals surface area (Å²) in [7, 11) is 1.58. The van der Waals surface area contributed by atoms with Crippen molar-refractivity contribution in [3.8, 4) is 28.1 Å². The molecule has 0 unspecified atom stereocenters. The summed E-state index contributed by atoms with van der Waals surface area (Å²) in [6, 6.07) is 10.2. The minimum atomic E-state index is -0.865. The van der Waals surface area contributed by atoms with Crippen LogP contribution in [0.15, 0.2) is 41.2 Å². The summed E-state index contributed by atoms with van der Waals surface area (Å²) in [5.41, 5.74) is 4.22. The number of hydrogen-bond donors (Lipinski definition) is 0. The number of fused-ring (bicyclic) bond motifs is 1. The van der Waals surface area contributed by atoms with Gasteiger partial charge in [-0.1, -0.05) is 24.3 Å². The van der Waals surface area contributed by atoms with Crippen molar-refractivity contribution in [3.05, 3.63) is 63.7 Å². The first kappa shape index (κ1) is 23.7. The van der Waals surface area contributed by atoms with Gasteiger partial charge in [0.15, 0.2) is 0 Å². The third kappa shape index (κ3) is 4.49. The van der Waals surface area contributed by atoms with Crippen LogP contribution < -0.4 is 10.3 Å². The van der Waals surface area contributed by atoms with E-state index < -0.39 is 6.16 Å². The van der Waals surface area contributed by atoms with Crippen LogP contribution >= 0.6 is 0 Å². The van der Waals surface area contributed by atoms with Gasteiger partial charge in [0.2, 0.25) is 5.88 Å². The predicted molar refractivity (Wildman–Crippen MR) is 125 cm³/mol. The van der Waals surface area contributed by atoms with Crippen LogP contribution in [-0.4, -0.2) is 47.4 Å². The van der Waals surface area contributed by atoms with E-state index in [0.717, 1.165) is 22.3 Å². The number of ether oxygens (including phenoxy) is 2. The number of nitrogens with zero attached hydrogens (tertiary/aromatic N) is 3. The van der Waals surface area contributed by atoms with Crippen molar-refractivity contribution in [2.24, 2.45) is 0 Å². The molecule has 180 valence electrons. The molecule has 0 aliphatic carbocycles. The molecule has 0 spiro atoms. The molecule has 1 aliphatic heterocycles. The standard InChI is InChI=1S/C25H28FN3O5/c1-5-33-25(31)34-24-22(23(30)28-12-10-27(32-4)11-13-29(24)28)21-16(2)14-19(15-17(21)3)18-6-8-20(26)9-7-18/h6-9,14-15H,5,10-13H2,1-4H3. The van der Waals surface area contributed by atoms with Crippen molar-refractivity contribution in [2.75, 3.05) is 26.8 Å². The van der Waals surface area contributed by atoms with E-state index in [2.05, 4.69) is 0 Å². The van der Waals surface area contributed by atoms with Gasteiger partial charge >= 0.3 is 6.16 Å². The molecule has 2 heterocycles. The minimum Gasteiger partial charge on any atom is -0.434 e. The zero-order chi connectivity index (χ0) is 24.4. The number of halogens is 1. The molecule has 2 aromatic carbocycles. The second-order valence-corrected chi connectivity index (χ2v) is 8.12. The van der Waals surface area contributed by atoms with E-state index in [1.807, 2.05) is 26.0 Å². The van der Waals surface area contributed by atoms with Gasteiger partial charge < -0.3 is 14.3 Å². The van der Waals surface area contributed by atoms with E-state index >= 15 is 0 Å². The van der Waals surface area contributed by atoms with Gasteiger partial charge in [0, 0.05) is 13.1 Å². The SMILES string of the molecule is CCOC(=O)Oc1c(-c2c(C)cc(-c3ccc(F)cc3)cc2C)c(=O)n2n1CCN(OC)CC2. The lowest BCUT2D eigenvalue weighted by atomic mass is 9.92. The first-order chi connectivity index (χ1) is 16.3. The van der Waals surface area contributed by atoms with Crippen LogP contribution in [0.5, 0.6) is 5.88 Å². The Labute approximate surface area is 197 Å². The number of benzene rings is 2. The average molecular weight is 470 g/mol. The van der Waals surface area contributed by atoms with Gasteiger partial charge in [0.1, 0.15) is 11.4 Å². The van der Waals surface area contributed by atoms with Crippen molar-refractivity contribution >= 4 is 6.16 Å². The van der Waals surface area contributed by atoms with Gasteiger partial charge in [-0.05, 0) is 60.7 Å². The molecule has 0 bridgehead atoms. The fraction of sp³-hybridized carbons (Fsp3) is 0.360. The molecule has 0 amide bonds. The molecule has 0 saturated heterocycles. The van der Waals surface area contributed by atoms with Crippen LogP contribution in [0, 0.1) is 19.7 Å². The van der Waals surface area contributed by atoms with Gasteiger partial charge in [-0.25, -0.2) is 18.5 Å². The van der Waals surface area contributed by atoms with E-state index in [1.165, 1.54) is 12.1 Å². The molecule has 1 aliphatic rings. The highest BCUT2D eigenvalue weighted by atomic mass is 19.1. The van der Waals surface area contributed by atoms with Gasteiger partial charge in [0.25, 0.3) is 5.56 Å². The van der Waals surface area contributed by atoms with E-state index in [1.54, 1.807) is 40.6 Å². The maximum absolute atomic E-state index is 13.6. The monoisotopic (exact) mass is 469 g/mol. The lowest BCUT2D eigenvalue weighted by Crippen LogP contribution is -2.27. The summed E-state index contributed by atoms with van der Waals surface area (Å²) in [6.07, 6.45) is -0.865. The number of aromatic nitrogens is 2. The van der Waals surface area contributed by atoms with E-state index in [-0.39, 0.29) is 23.9 Å². The summed E-state index contributed by atoms with van der Waals surface area (Å²) in [4.78, 5) is 31.3. The van der Waals surface area contributed by atoms with E-state index in [4.69, 9.17) is 14.3 Å². The Bertz CT molecular complexity index is 1240. The lowest BCUT2D eigenvalue weighted by Gasteiger charge is -2.16. The fourth-order valence-electron chi connectivity index (χ4n) is 4.43.